The van der Waals surface area contributed by atoms with Crippen molar-refractivity contribution in [3.8, 4) is 5.75 Å². The van der Waals surface area contributed by atoms with E-state index in [1.807, 2.05) is 0 Å². The minimum Gasteiger partial charge on any atom is -0.486 e. The highest BCUT2D eigenvalue weighted by Gasteiger charge is 2.44. The first-order valence-corrected chi connectivity index (χ1v) is 8.99. The summed E-state index contributed by atoms with van der Waals surface area (Å²) >= 11 is 5.96. The Morgan fingerprint density at radius 2 is 1.95 bits per heavy atom. The van der Waals surface area contributed by atoms with Crippen LogP contribution in [0.2, 0.25) is 5.02 Å². The summed E-state index contributed by atoms with van der Waals surface area (Å²) in [5, 5.41) is 0.521. The van der Waals surface area contributed by atoms with Crippen molar-refractivity contribution in [2.45, 2.75) is 24.9 Å². The molecule has 0 radical (unpaired) electrons. The Labute approximate surface area is 128 Å². The predicted octanol–water partition coefficient (Wildman–Crippen LogP) is 2.10. The number of rotatable bonds is 1. The maximum atomic E-state index is 12.3. The Morgan fingerprint density at radius 3 is 2.57 bits per heavy atom. The summed E-state index contributed by atoms with van der Waals surface area (Å²) in [7, 11) is -3.19. The van der Waals surface area contributed by atoms with Gasteiger partial charge in [0.25, 0.3) is 0 Å². The van der Waals surface area contributed by atoms with Gasteiger partial charge in [-0.2, -0.15) is 0 Å². The van der Waals surface area contributed by atoms with E-state index in [1.165, 1.54) is 10.6 Å². The minimum absolute atomic E-state index is 0.0284. The zero-order chi connectivity index (χ0) is 15.3. The van der Waals surface area contributed by atoms with Gasteiger partial charge >= 0.3 is 0 Å². The van der Waals surface area contributed by atoms with E-state index in [0.29, 0.717) is 48.7 Å². The summed E-state index contributed by atoms with van der Waals surface area (Å²) in [6.07, 6.45) is 2.52. The summed E-state index contributed by atoms with van der Waals surface area (Å²) in [5.41, 5.74) is -0.0498. The molecule has 1 aromatic carbocycles. The van der Waals surface area contributed by atoms with Gasteiger partial charge in [0, 0.05) is 31.0 Å². The van der Waals surface area contributed by atoms with E-state index in [1.54, 1.807) is 18.2 Å². The molecule has 0 saturated carbocycles. The Morgan fingerprint density at radius 1 is 1.29 bits per heavy atom. The lowest BCUT2D eigenvalue weighted by Crippen LogP contribution is -2.52. The van der Waals surface area contributed by atoms with Gasteiger partial charge in [0.05, 0.1) is 18.2 Å². The van der Waals surface area contributed by atoms with Crippen molar-refractivity contribution in [3.05, 3.63) is 28.8 Å². The number of benzene rings is 1. The molecule has 5 nitrogen and oxygen atoms in total. The molecule has 0 atom stereocenters. The number of fused-ring (bicyclic) bond motifs is 1. The fraction of sp³-hybridized carbons (Fsp3) is 0.500. The second-order valence-corrected chi connectivity index (χ2v) is 8.11. The quantitative estimate of drug-likeness (QED) is 0.791. The van der Waals surface area contributed by atoms with Crippen molar-refractivity contribution in [2.75, 3.05) is 19.3 Å². The van der Waals surface area contributed by atoms with Crippen LogP contribution in [0, 0.1) is 0 Å². The van der Waals surface area contributed by atoms with Crippen LogP contribution in [0.4, 0.5) is 0 Å². The number of nitrogens with zero attached hydrogens (tertiary/aromatic N) is 1. The van der Waals surface area contributed by atoms with E-state index in [-0.39, 0.29) is 5.78 Å². The van der Waals surface area contributed by atoms with Crippen molar-refractivity contribution in [1.82, 2.24) is 4.31 Å². The van der Waals surface area contributed by atoms with Crippen LogP contribution in [0.25, 0.3) is 0 Å². The second kappa shape index (κ2) is 4.97. The van der Waals surface area contributed by atoms with Crippen molar-refractivity contribution in [3.63, 3.8) is 0 Å². The Bertz CT molecular complexity index is 693. The fourth-order valence-electron chi connectivity index (χ4n) is 2.97. The molecule has 0 amide bonds. The van der Waals surface area contributed by atoms with Crippen LogP contribution >= 0.6 is 11.6 Å². The van der Waals surface area contributed by atoms with Crippen LogP contribution in [0.15, 0.2) is 18.2 Å². The van der Waals surface area contributed by atoms with Gasteiger partial charge in [-0.1, -0.05) is 11.6 Å². The summed E-state index contributed by atoms with van der Waals surface area (Å²) < 4.78 is 30.6. The number of carbonyl (C=O) groups is 1. The fourth-order valence-corrected chi connectivity index (χ4v) is 3.98. The van der Waals surface area contributed by atoms with Crippen LogP contribution in [-0.2, 0) is 10.0 Å². The molecule has 2 aliphatic heterocycles. The van der Waals surface area contributed by atoms with E-state index >= 15 is 0 Å². The maximum absolute atomic E-state index is 12.3. The number of sulfonamides is 1. The zero-order valence-corrected chi connectivity index (χ0v) is 13.2. The van der Waals surface area contributed by atoms with E-state index in [4.69, 9.17) is 16.3 Å². The molecule has 1 saturated heterocycles. The number of Topliss-reactive ketones (excluding diaryl/α,β-unsaturated/α-hetero) is 1. The van der Waals surface area contributed by atoms with Gasteiger partial charge in [-0.25, -0.2) is 12.7 Å². The zero-order valence-electron chi connectivity index (χ0n) is 11.6. The average molecular weight is 330 g/mol. The third-order valence-electron chi connectivity index (χ3n) is 4.16. The van der Waals surface area contributed by atoms with E-state index < -0.39 is 15.6 Å². The number of ketones is 1. The molecular weight excluding hydrogens is 314 g/mol. The highest BCUT2D eigenvalue weighted by molar-refractivity contribution is 7.88. The van der Waals surface area contributed by atoms with Gasteiger partial charge in [0.2, 0.25) is 10.0 Å². The Hall–Kier alpha value is -1.11. The number of piperidine rings is 1. The van der Waals surface area contributed by atoms with Gasteiger partial charge in [-0.15, -0.1) is 0 Å². The highest BCUT2D eigenvalue weighted by atomic mass is 35.5. The summed E-state index contributed by atoms with van der Waals surface area (Å²) in [5.74, 6) is 0.535. The standard InChI is InChI=1S/C14H16ClNO4S/c1-21(18,19)16-6-4-14(5-7-16)9-12(17)11-3-2-10(15)8-13(11)20-14/h2-3,8H,4-7,9H2,1H3. The van der Waals surface area contributed by atoms with Gasteiger partial charge in [0.15, 0.2) is 5.78 Å². The molecule has 21 heavy (non-hydrogen) atoms. The van der Waals surface area contributed by atoms with Crippen molar-refractivity contribution >= 4 is 27.4 Å². The predicted molar refractivity (Wildman–Crippen MR) is 79.4 cm³/mol. The topological polar surface area (TPSA) is 63.7 Å². The summed E-state index contributed by atoms with van der Waals surface area (Å²) in [6.45, 7) is 0.754. The molecule has 0 N–H and O–H groups in total. The van der Waals surface area contributed by atoms with E-state index in [0.717, 1.165) is 0 Å². The van der Waals surface area contributed by atoms with Gasteiger partial charge < -0.3 is 4.74 Å². The molecule has 7 heteroatoms. The molecule has 0 unspecified atom stereocenters. The largest absolute Gasteiger partial charge is 0.486 e. The molecule has 1 spiro atoms. The van der Waals surface area contributed by atoms with Crippen LogP contribution in [0.5, 0.6) is 5.75 Å². The maximum Gasteiger partial charge on any atom is 0.211 e. The van der Waals surface area contributed by atoms with Crippen molar-refractivity contribution in [1.29, 1.82) is 0 Å². The van der Waals surface area contributed by atoms with Crippen molar-refractivity contribution < 1.29 is 17.9 Å². The number of hydrogen-bond donors (Lipinski definition) is 0. The third-order valence-corrected chi connectivity index (χ3v) is 5.69. The number of carbonyl (C=O) groups excluding carboxylic acids is 1. The number of ether oxygens (including phenoxy) is 1. The monoisotopic (exact) mass is 329 g/mol. The molecule has 0 aromatic heterocycles. The molecule has 0 aliphatic carbocycles. The first kappa shape index (κ1) is 14.8. The van der Waals surface area contributed by atoms with Crippen LogP contribution in [0.1, 0.15) is 29.6 Å². The molecular formula is C14H16ClNO4S. The summed E-state index contributed by atoms with van der Waals surface area (Å²) in [4.78, 5) is 12.3. The normalized spacial score (nSPS) is 21.9. The third kappa shape index (κ3) is 2.80. The summed E-state index contributed by atoms with van der Waals surface area (Å²) in [6, 6.07) is 5.00. The Balaban J connectivity index is 1.85. The number of halogens is 1. The SMILES string of the molecule is CS(=O)(=O)N1CCC2(CC1)CC(=O)c1ccc(Cl)cc1O2. The van der Waals surface area contributed by atoms with E-state index in [9.17, 15) is 13.2 Å². The van der Waals surface area contributed by atoms with Gasteiger partial charge in [-0.3, -0.25) is 4.79 Å². The first-order chi connectivity index (χ1) is 9.79. The molecule has 2 heterocycles. The molecule has 0 bridgehead atoms. The molecule has 1 aromatic rings. The van der Waals surface area contributed by atoms with Crippen LogP contribution in [0.3, 0.4) is 0 Å². The smallest absolute Gasteiger partial charge is 0.211 e. The first-order valence-electron chi connectivity index (χ1n) is 6.76. The van der Waals surface area contributed by atoms with E-state index in [2.05, 4.69) is 0 Å². The molecule has 3 rings (SSSR count). The molecule has 114 valence electrons. The Kier molecular flexibility index (Phi) is 3.50. The molecule has 1 fully saturated rings. The molecule has 2 aliphatic rings. The average Bonchev–Trinajstić information content (AvgIpc) is 2.37. The lowest BCUT2D eigenvalue weighted by Gasteiger charge is -2.43. The highest BCUT2D eigenvalue weighted by Crippen LogP contribution is 2.40. The van der Waals surface area contributed by atoms with Gasteiger partial charge in [-0.05, 0) is 18.2 Å². The van der Waals surface area contributed by atoms with Crippen LogP contribution in [-0.4, -0.2) is 43.5 Å². The van der Waals surface area contributed by atoms with Crippen molar-refractivity contribution in [2.24, 2.45) is 0 Å². The lowest BCUT2D eigenvalue weighted by molar-refractivity contribution is 0.00603. The van der Waals surface area contributed by atoms with Crippen LogP contribution < -0.4 is 4.74 Å². The van der Waals surface area contributed by atoms with Gasteiger partial charge in [0.1, 0.15) is 11.4 Å². The lowest BCUT2D eigenvalue weighted by atomic mass is 9.83. The minimum atomic E-state index is -3.19. The second-order valence-electron chi connectivity index (χ2n) is 5.69. The number of hydrogen-bond acceptors (Lipinski definition) is 4.